The molecule has 1 saturated heterocycles. The molecule has 2 aliphatic rings. The van der Waals surface area contributed by atoms with E-state index < -0.39 is 17.0 Å². The van der Waals surface area contributed by atoms with E-state index >= 15 is 0 Å². The van der Waals surface area contributed by atoms with Crippen molar-refractivity contribution in [2.75, 3.05) is 13.1 Å². The Morgan fingerprint density at radius 3 is 2.73 bits per heavy atom. The van der Waals surface area contributed by atoms with Crippen molar-refractivity contribution in [3.8, 4) is 0 Å². The minimum absolute atomic E-state index is 0.0377. The first-order valence-electron chi connectivity index (χ1n) is 11.4. The van der Waals surface area contributed by atoms with Crippen molar-refractivity contribution >= 4 is 28.4 Å². The number of benzene rings is 2. The van der Waals surface area contributed by atoms with Gasteiger partial charge in [0.25, 0.3) is 5.69 Å². The van der Waals surface area contributed by atoms with E-state index in [1.807, 2.05) is 24.3 Å². The molecule has 1 N–H and O–H groups in total. The second kappa shape index (κ2) is 8.35. The predicted molar refractivity (Wildman–Crippen MR) is 124 cm³/mol. The molecule has 0 bridgehead atoms. The van der Waals surface area contributed by atoms with Gasteiger partial charge in [0.2, 0.25) is 11.8 Å². The van der Waals surface area contributed by atoms with Crippen LogP contribution in [0, 0.1) is 10.1 Å². The number of piperazine rings is 1. The van der Waals surface area contributed by atoms with E-state index in [1.165, 1.54) is 12.1 Å². The molecule has 1 aromatic heterocycles. The number of unbranched alkanes of at least 4 members (excludes halogenated alkanes) is 2. The van der Waals surface area contributed by atoms with Crippen LogP contribution in [0.25, 0.3) is 10.9 Å². The molecule has 0 spiro atoms. The number of nitro benzene ring substituents is 1. The first kappa shape index (κ1) is 21.2. The zero-order valence-corrected chi connectivity index (χ0v) is 18.5. The quantitative estimate of drug-likeness (QED) is 0.352. The highest BCUT2D eigenvalue weighted by molar-refractivity contribution is 5.97. The molecule has 2 aromatic carbocycles. The molecule has 8 heteroatoms. The maximum atomic E-state index is 13.5. The Hall–Kier alpha value is -3.68. The maximum absolute atomic E-state index is 13.5. The Bertz CT molecular complexity index is 1250. The van der Waals surface area contributed by atoms with Gasteiger partial charge in [-0.05, 0) is 23.6 Å². The fourth-order valence-corrected chi connectivity index (χ4v) is 5.22. The average Bonchev–Trinajstić information content (AvgIpc) is 3.19. The van der Waals surface area contributed by atoms with Crippen LogP contribution in [0.2, 0.25) is 0 Å². The minimum atomic E-state index is -0.621. The van der Waals surface area contributed by atoms with Gasteiger partial charge in [-0.3, -0.25) is 19.7 Å². The molecule has 1 fully saturated rings. The number of para-hydroxylation sites is 1. The molecule has 0 saturated carbocycles. The number of nitrogens with zero attached hydrogens (tertiary/aromatic N) is 3. The summed E-state index contributed by atoms with van der Waals surface area (Å²) in [5, 5.41) is 12.5. The monoisotopic (exact) mass is 446 g/mol. The smallest absolute Gasteiger partial charge is 0.269 e. The number of amides is 2. The lowest BCUT2D eigenvalue weighted by Crippen LogP contribution is -2.63. The first-order valence-corrected chi connectivity index (χ1v) is 11.4. The summed E-state index contributed by atoms with van der Waals surface area (Å²) in [6.07, 6.45) is 3.35. The Labute approximate surface area is 191 Å². The van der Waals surface area contributed by atoms with Crippen LogP contribution in [0.4, 0.5) is 5.69 Å². The lowest BCUT2D eigenvalue weighted by Gasteiger charge is -2.47. The number of nitrogens with one attached hydrogen (secondary N) is 1. The predicted octanol–water partition coefficient (Wildman–Crippen LogP) is 3.95. The van der Waals surface area contributed by atoms with Gasteiger partial charge in [0, 0.05) is 41.7 Å². The third-order valence-electron chi connectivity index (χ3n) is 6.77. The Morgan fingerprint density at radius 2 is 1.94 bits per heavy atom. The number of non-ortho nitro benzene ring substituents is 1. The van der Waals surface area contributed by atoms with Crippen LogP contribution in [0.3, 0.4) is 0 Å². The molecular formula is C25H26N4O4. The summed E-state index contributed by atoms with van der Waals surface area (Å²) in [4.78, 5) is 44.8. The Kier molecular flexibility index (Phi) is 5.36. The zero-order chi connectivity index (χ0) is 23.1. The molecule has 2 aliphatic heterocycles. The summed E-state index contributed by atoms with van der Waals surface area (Å²) in [6.45, 7) is 2.72. The SMILES string of the molecule is CCCCCN1CC(=O)N2C(c3cccc([N+](=O)[O-])c3)c3[nH]c4ccccc4c3C[C@H]2C1=O. The van der Waals surface area contributed by atoms with Crippen LogP contribution in [0.5, 0.6) is 0 Å². The molecule has 33 heavy (non-hydrogen) atoms. The minimum Gasteiger partial charge on any atom is -0.356 e. The number of nitro groups is 1. The number of H-pyrrole nitrogens is 1. The normalized spacial score (nSPS) is 20.2. The molecule has 1 unspecified atom stereocenters. The van der Waals surface area contributed by atoms with Crippen molar-refractivity contribution in [2.24, 2.45) is 0 Å². The molecule has 3 heterocycles. The summed E-state index contributed by atoms with van der Waals surface area (Å²) in [7, 11) is 0. The number of hydrogen-bond acceptors (Lipinski definition) is 4. The van der Waals surface area contributed by atoms with Crippen molar-refractivity contribution in [3.05, 3.63) is 75.5 Å². The van der Waals surface area contributed by atoms with Crippen molar-refractivity contribution in [1.29, 1.82) is 0 Å². The summed E-state index contributed by atoms with van der Waals surface area (Å²) < 4.78 is 0. The van der Waals surface area contributed by atoms with E-state index in [0.717, 1.165) is 41.4 Å². The molecule has 8 nitrogen and oxygen atoms in total. The number of hydrogen-bond donors (Lipinski definition) is 1. The molecule has 3 aromatic rings. The van der Waals surface area contributed by atoms with Crippen molar-refractivity contribution in [2.45, 2.75) is 44.7 Å². The topological polar surface area (TPSA) is 99.5 Å². The summed E-state index contributed by atoms with van der Waals surface area (Å²) in [5.74, 6) is -0.172. The highest BCUT2D eigenvalue weighted by Gasteiger charge is 2.48. The van der Waals surface area contributed by atoms with Gasteiger partial charge in [-0.25, -0.2) is 0 Å². The Morgan fingerprint density at radius 1 is 1.12 bits per heavy atom. The fourth-order valence-electron chi connectivity index (χ4n) is 5.22. The number of fused-ring (bicyclic) bond motifs is 4. The van der Waals surface area contributed by atoms with Crippen LogP contribution in [-0.2, 0) is 16.0 Å². The molecule has 0 radical (unpaired) electrons. The van der Waals surface area contributed by atoms with Crippen molar-refractivity contribution in [3.63, 3.8) is 0 Å². The fraction of sp³-hybridized carbons (Fsp3) is 0.360. The molecule has 0 aliphatic carbocycles. The third-order valence-corrected chi connectivity index (χ3v) is 6.77. The average molecular weight is 447 g/mol. The highest BCUT2D eigenvalue weighted by atomic mass is 16.6. The van der Waals surface area contributed by atoms with E-state index in [4.69, 9.17) is 0 Å². The van der Waals surface area contributed by atoms with E-state index in [-0.39, 0.29) is 24.0 Å². The second-order valence-corrected chi connectivity index (χ2v) is 8.81. The van der Waals surface area contributed by atoms with Gasteiger partial charge in [0.15, 0.2) is 0 Å². The second-order valence-electron chi connectivity index (χ2n) is 8.81. The molecule has 2 amide bonds. The van der Waals surface area contributed by atoms with Gasteiger partial charge >= 0.3 is 0 Å². The molecule has 2 atom stereocenters. The van der Waals surface area contributed by atoms with Gasteiger partial charge in [0.1, 0.15) is 6.04 Å². The number of carbonyl (C=O) groups is 2. The highest BCUT2D eigenvalue weighted by Crippen LogP contribution is 2.43. The van der Waals surface area contributed by atoms with Crippen molar-refractivity contribution < 1.29 is 14.5 Å². The van der Waals surface area contributed by atoms with Gasteiger partial charge < -0.3 is 14.8 Å². The number of aromatic amines is 1. The summed E-state index contributed by atoms with van der Waals surface area (Å²) >= 11 is 0. The first-order chi connectivity index (χ1) is 16.0. The maximum Gasteiger partial charge on any atom is 0.269 e. The van der Waals surface area contributed by atoms with Gasteiger partial charge in [-0.2, -0.15) is 0 Å². The summed E-state index contributed by atoms with van der Waals surface area (Å²) in [5.41, 5.74) is 3.34. The van der Waals surface area contributed by atoms with Crippen LogP contribution in [0.1, 0.15) is 49.0 Å². The van der Waals surface area contributed by atoms with Crippen LogP contribution in [0.15, 0.2) is 48.5 Å². The molecular weight excluding hydrogens is 420 g/mol. The van der Waals surface area contributed by atoms with E-state index in [0.29, 0.717) is 18.5 Å². The molecule has 170 valence electrons. The summed E-state index contributed by atoms with van der Waals surface area (Å²) in [6, 6.07) is 13.0. The largest absolute Gasteiger partial charge is 0.356 e. The van der Waals surface area contributed by atoms with Gasteiger partial charge in [0.05, 0.1) is 17.5 Å². The zero-order valence-electron chi connectivity index (χ0n) is 18.5. The number of carbonyl (C=O) groups excluding carboxylic acids is 2. The van der Waals surface area contributed by atoms with Crippen molar-refractivity contribution in [1.82, 2.24) is 14.8 Å². The van der Waals surface area contributed by atoms with Gasteiger partial charge in [-0.1, -0.05) is 50.1 Å². The number of rotatable bonds is 6. The van der Waals surface area contributed by atoms with E-state index in [2.05, 4.69) is 11.9 Å². The van der Waals surface area contributed by atoms with Crippen LogP contribution in [-0.4, -0.2) is 50.7 Å². The van der Waals surface area contributed by atoms with E-state index in [1.54, 1.807) is 21.9 Å². The van der Waals surface area contributed by atoms with Crippen LogP contribution < -0.4 is 0 Å². The molecule has 5 rings (SSSR count). The Balaban J connectivity index is 1.63. The lowest BCUT2D eigenvalue weighted by molar-refractivity contribution is -0.384. The van der Waals surface area contributed by atoms with Crippen LogP contribution >= 0.6 is 0 Å². The lowest BCUT2D eigenvalue weighted by atomic mass is 9.86. The number of aromatic nitrogens is 1. The third kappa shape index (κ3) is 3.55. The standard InChI is InChI=1S/C25H26N4O4/c1-2-3-6-12-27-15-22(30)28-21(25(27)31)14-19-18-10-4-5-11-20(18)26-23(19)24(28)16-8-7-9-17(13-16)29(32)33/h4-5,7-11,13,21,24,26H,2-3,6,12,14-15H2,1H3/t21-,24?/m0/s1. The van der Waals surface area contributed by atoms with Gasteiger partial charge in [-0.15, -0.1) is 0 Å². The van der Waals surface area contributed by atoms with E-state index in [9.17, 15) is 19.7 Å².